The van der Waals surface area contributed by atoms with E-state index in [0.29, 0.717) is 5.69 Å². The summed E-state index contributed by atoms with van der Waals surface area (Å²) in [6.45, 7) is 2.11. The van der Waals surface area contributed by atoms with E-state index in [2.05, 4.69) is 4.90 Å². The Morgan fingerprint density at radius 3 is 2.40 bits per heavy atom. The number of benzene rings is 1. The summed E-state index contributed by atoms with van der Waals surface area (Å²) in [5, 5.41) is 0. The fourth-order valence-electron chi connectivity index (χ4n) is 2.03. The molecule has 1 fully saturated rings. The van der Waals surface area contributed by atoms with Crippen molar-refractivity contribution in [3.8, 4) is 0 Å². The first kappa shape index (κ1) is 10.3. The van der Waals surface area contributed by atoms with Gasteiger partial charge in [-0.25, -0.2) is 4.39 Å². The van der Waals surface area contributed by atoms with Crippen LogP contribution in [0, 0.1) is 5.82 Å². The van der Waals surface area contributed by atoms with Gasteiger partial charge in [0.25, 0.3) is 0 Å². The van der Waals surface area contributed by atoms with Gasteiger partial charge in [-0.1, -0.05) is 0 Å². The van der Waals surface area contributed by atoms with Crippen LogP contribution >= 0.6 is 0 Å². The molecule has 0 aromatic heterocycles. The Morgan fingerprint density at radius 1 is 1.20 bits per heavy atom. The van der Waals surface area contributed by atoms with E-state index in [4.69, 9.17) is 0 Å². The monoisotopic (exact) mass is 208 g/mol. The zero-order valence-electron chi connectivity index (χ0n) is 9.33. The summed E-state index contributed by atoms with van der Waals surface area (Å²) in [4.78, 5) is 4.03. The van der Waals surface area contributed by atoms with Crippen molar-refractivity contribution in [3.05, 3.63) is 24.0 Å². The lowest BCUT2D eigenvalue weighted by Gasteiger charge is -2.20. The van der Waals surface area contributed by atoms with Gasteiger partial charge in [-0.2, -0.15) is 0 Å². The van der Waals surface area contributed by atoms with Gasteiger partial charge in [0, 0.05) is 32.9 Å². The summed E-state index contributed by atoms with van der Waals surface area (Å²) in [6.07, 6.45) is 2.44. The number of rotatable bonds is 2. The molecular formula is C12H17FN2. The number of nitrogens with zero attached hydrogens (tertiary/aromatic N) is 2. The van der Waals surface area contributed by atoms with Crippen molar-refractivity contribution < 1.29 is 4.39 Å². The first-order chi connectivity index (χ1) is 7.18. The zero-order valence-corrected chi connectivity index (χ0v) is 9.33. The molecule has 0 radical (unpaired) electrons. The Balaban J connectivity index is 2.24. The van der Waals surface area contributed by atoms with Gasteiger partial charge in [0.1, 0.15) is 5.82 Å². The molecule has 1 heterocycles. The molecule has 1 aliphatic heterocycles. The molecule has 3 heteroatoms. The topological polar surface area (TPSA) is 6.48 Å². The van der Waals surface area contributed by atoms with Gasteiger partial charge in [0.2, 0.25) is 0 Å². The van der Waals surface area contributed by atoms with Gasteiger partial charge < -0.3 is 9.80 Å². The van der Waals surface area contributed by atoms with Crippen LogP contribution < -0.4 is 9.80 Å². The number of hydrogen-bond donors (Lipinski definition) is 0. The van der Waals surface area contributed by atoms with Crippen LogP contribution in [-0.2, 0) is 0 Å². The first-order valence-electron chi connectivity index (χ1n) is 5.40. The minimum atomic E-state index is -0.135. The second kappa shape index (κ2) is 4.09. The highest BCUT2D eigenvalue weighted by molar-refractivity contribution is 5.57. The Hall–Kier alpha value is -1.25. The van der Waals surface area contributed by atoms with Crippen LogP contribution in [-0.4, -0.2) is 27.2 Å². The van der Waals surface area contributed by atoms with Gasteiger partial charge in [0.05, 0.1) is 5.69 Å². The number of hydrogen-bond acceptors (Lipinski definition) is 2. The first-order valence-corrected chi connectivity index (χ1v) is 5.40. The Morgan fingerprint density at radius 2 is 1.87 bits per heavy atom. The second-order valence-corrected chi connectivity index (χ2v) is 4.22. The number of halogens is 1. The van der Waals surface area contributed by atoms with Crippen LogP contribution in [0.4, 0.5) is 15.8 Å². The Labute approximate surface area is 90.3 Å². The lowest BCUT2D eigenvalue weighted by molar-refractivity contribution is 0.625. The molecule has 1 aromatic rings. The minimum absolute atomic E-state index is 0.135. The van der Waals surface area contributed by atoms with Crippen LogP contribution in [0.3, 0.4) is 0 Å². The third-order valence-electron chi connectivity index (χ3n) is 2.88. The van der Waals surface area contributed by atoms with Gasteiger partial charge >= 0.3 is 0 Å². The van der Waals surface area contributed by atoms with Crippen molar-refractivity contribution in [2.45, 2.75) is 12.8 Å². The van der Waals surface area contributed by atoms with Crippen LogP contribution in [0.25, 0.3) is 0 Å². The zero-order chi connectivity index (χ0) is 10.8. The summed E-state index contributed by atoms with van der Waals surface area (Å²) in [5.41, 5.74) is 1.66. The fourth-order valence-corrected chi connectivity index (χ4v) is 2.03. The van der Waals surface area contributed by atoms with E-state index in [1.54, 1.807) is 11.0 Å². The molecule has 1 saturated heterocycles. The standard InChI is InChI=1S/C12H17FN2/c1-14(2)12-6-5-10(9-11(12)13)15-7-3-4-8-15/h5-6,9H,3-4,7-8H2,1-2H3. The molecule has 0 aliphatic carbocycles. The molecule has 0 bridgehead atoms. The molecule has 0 amide bonds. The summed E-state index contributed by atoms with van der Waals surface area (Å²) in [6, 6.07) is 5.49. The van der Waals surface area contributed by atoms with Crippen LogP contribution in [0.1, 0.15) is 12.8 Å². The maximum Gasteiger partial charge on any atom is 0.148 e. The highest BCUT2D eigenvalue weighted by Gasteiger charge is 2.14. The quantitative estimate of drug-likeness (QED) is 0.736. The van der Waals surface area contributed by atoms with E-state index in [-0.39, 0.29) is 5.82 Å². The lowest BCUT2D eigenvalue weighted by Crippen LogP contribution is -2.18. The van der Waals surface area contributed by atoms with Crippen LogP contribution in [0.5, 0.6) is 0 Å². The molecule has 82 valence electrons. The maximum absolute atomic E-state index is 13.7. The van der Waals surface area contributed by atoms with E-state index in [0.717, 1.165) is 18.8 Å². The van der Waals surface area contributed by atoms with E-state index < -0.39 is 0 Å². The average molecular weight is 208 g/mol. The summed E-state index contributed by atoms with van der Waals surface area (Å²) in [7, 11) is 3.71. The predicted molar refractivity (Wildman–Crippen MR) is 62.2 cm³/mol. The third kappa shape index (κ3) is 2.06. The number of anilines is 2. The largest absolute Gasteiger partial charge is 0.375 e. The highest BCUT2D eigenvalue weighted by Crippen LogP contribution is 2.25. The molecule has 15 heavy (non-hydrogen) atoms. The summed E-state index contributed by atoms with van der Waals surface area (Å²) < 4.78 is 13.7. The minimum Gasteiger partial charge on any atom is -0.375 e. The molecular weight excluding hydrogens is 191 g/mol. The smallest absolute Gasteiger partial charge is 0.148 e. The molecule has 1 aliphatic rings. The van der Waals surface area contributed by atoms with E-state index in [1.807, 2.05) is 26.2 Å². The van der Waals surface area contributed by atoms with E-state index in [1.165, 1.54) is 12.8 Å². The summed E-state index contributed by atoms with van der Waals surface area (Å²) >= 11 is 0. The highest BCUT2D eigenvalue weighted by atomic mass is 19.1. The van der Waals surface area contributed by atoms with E-state index >= 15 is 0 Å². The molecule has 1 aromatic carbocycles. The molecule has 0 saturated carbocycles. The SMILES string of the molecule is CN(C)c1ccc(N2CCCC2)cc1F. The van der Waals surface area contributed by atoms with Crippen molar-refractivity contribution in [2.75, 3.05) is 37.0 Å². The molecule has 0 spiro atoms. The van der Waals surface area contributed by atoms with Crippen molar-refractivity contribution in [1.82, 2.24) is 0 Å². The average Bonchev–Trinajstić information content (AvgIpc) is 2.69. The lowest BCUT2D eigenvalue weighted by atomic mass is 10.2. The van der Waals surface area contributed by atoms with Gasteiger partial charge in [-0.3, -0.25) is 0 Å². The predicted octanol–water partition coefficient (Wildman–Crippen LogP) is 2.49. The van der Waals surface area contributed by atoms with Gasteiger partial charge in [-0.15, -0.1) is 0 Å². The summed E-state index contributed by atoms with van der Waals surface area (Å²) in [5.74, 6) is -0.135. The molecule has 0 N–H and O–H groups in total. The normalized spacial score (nSPS) is 15.8. The van der Waals surface area contributed by atoms with Gasteiger partial charge in [-0.05, 0) is 31.0 Å². The maximum atomic E-state index is 13.7. The van der Waals surface area contributed by atoms with Crippen LogP contribution in [0.15, 0.2) is 18.2 Å². The molecule has 0 atom stereocenters. The molecule has 0 unspecified atom stereocenters. The second-order valence-electron chi connectivity index (χ2n) is 4.22. The van der Waals surface area contributed by atoms with Crippen LogP contribution in [0.2, 0.25) is 0 Å². The van der Waals surface area contributed by atoms with Crippen molar-refractivity contribution in [2.24, 2.45) is 0 Å². The van der Waals surface area contributed by atoms with E-state index in [9.17, 15) is 4.39 Å². The van der Waals surface area contributed by atoms with Gasteiger partial charge in [0.15, 0.2) is 0 Å². The third-order valence-corrected chi connectivity index (χ3v) is 2.88. The molecule has 2 rings (SSSR count). The fraction of sp³-hybridized carbons (Fsp3) is 0.500. The van der Waals surface area contributed by atoms with Crippen molar-refractivity contribution in [3.63, 3.8) is 0 Å². The van der Waals surface area contributed by atoms with Crippen molar-refractivity contribution >= 4 is 11.4 Å². The molecule has 2 nitrogen and oxygen atoms in total. The Bertz CT molecular complexity index is 343. The van der Waals surface area contributed by atoms with Crippen molar-refractivity contribution in [1.29, 1.82) is 0 Å². The Kier molecular flexibility index (Phi) is 2.80.